The molecule has 3 rings (SSSR count). The Balaban J connectivity index is 1.84. The first-order valence-corrected chi connectivity index (χ1v) is 9.67. The fourth-order valence-electron chi connectivity index (χ4n) is 4.16. The minimum atomic E-state index is -0.995. The van der Waals surface area contributed by atoms with Crippen LogP contribution in [-0.4, -0.2) is 47.2 Å². The molecule has 2 aliphatic rings. The van der Waals surface area contributed by atoms with Crippen molar-refractivity contribution in [3.8, 4) is 0 Å². The van der Waals surface area contributed by atoms with Crippen LogP contribution in [0.2, 0.25) is 0 Å². The number of ether oxygens (including phenoxy) is 1. The second-order valence-electron chi connectivity index (χ2n) is 7.79. The molecule has 1 amide bonds. The van der Waals surface area contributed by atoms with Gasteiger partial charge in [0.15, 0.2) is 0 Å². The van der Waals surface area contributed by atoms with Gasteiger partial charge in [-0.1, -0.05) is 6.92 Å². The Morgan fingerprint density at radius 1 is 1.23 bits per heavy atom. The van der Waals surface area contributed by atoms with Gasteiger partial charge in [-0.25, -0.2) is 0 Å². The summed E-state index contributed by atoms with van der Waals surface area (Å²) < 4.78 is 11.2. The van der Waals surface area contributed by atoms with Gasteiger partial charge < -0.3 is 19.2 Å². The number of carbonyl (C=O) groups excluding carboxylic acids is 1. The molecule has 1 aliphatic carbocycles. The molecule has 1 unspecified atom stereocenters. The molecule has 1 aromatic heterocycles. The van der Waals surface area contributed by atoms with Crippen molar-refractivity contribution < 1.29 is 23.8 Å². The monoisotopic (exact) mass is 363 g/mol. The number of rotatable bonds is 6. The highest BCUT2D eigenvalue weighted by atomic mass is 16.5. The molecule has 2 fully saturated rings. The largest absolute Gasteiger partial charge is 0.481 e. The van der Waals surface area contributed by atoms with Crippen LogP contribution in [-0.2, 0) is 16.0 Å². The maximum absolute atomic E-state index is 13.4. The summed E-state index contributed by atoms with van der Waals surface area (Å²) >= 11 is 0. The molecule has 1 saturated carbocycles. The summed E-state index contributed by atoms with van der Waals surface area (Å²) in [6.07, 6.45) is 7.51. The topological polar surface area (TPSA) is 80.0 Å². The lowest BCUT2D eigenvalue weighted by molar-refractivity contribution is -0.136. The van der Waals surface area contributed by atoms with Crippen molar-refractivity contribution >= 4 is 11.9 Å². The number of carboxylic acids is 1. The predicted molar refractivity (Wildman–Crippen MR) is 96.2 cm³/mol. The van der Waals surface area contributed by atoms with E-state index < -0.39 is 5.97 Å². The molecule has 0 bridgehead atoms. The second kappa shape index (κ2) is 8.25. The van der Waals surface area contributed by atoms with Crippen LogP contribution in [0.5, 0.6) is 0 Å². The Labute approximate surface area is 154 Å². The molecule has 144 valence electrons. The number of hydrogen-bond donors (Lipinski definition) is 1. The molecular weight excluding hydrogens is 334 g/mol. The van der Waals surface area contributed by atoms with E-state index in [2.05, 4.69) is 6.92 Å². The number of carboxylic acid groups (broad SMARTS) is 1. The molecule has 26 heavy (non-hydrogen) atoms. The van der Waals surface area contributed by atoms with E-state index in [-0.39, 0.29) is 30.2 Å². The SMILES string of the molecule is Cc1coc(CC(=O)O)c1C(=O)N(CC1CCCO1)C1CCC(C)CC1. The first-order valence-electron chi connectivity index (χ1n) is 9.67. The number of carbonyl (C=O) groups is 2. The first-order chi connectivity index (χ1) is 12.5. The molecule has 1 saturated heterocycles. The van der Waals surface area contributed by atoms with Crippen LogP contribution in [0.1, 0.15) is 67.1 Å². The Bertz CT molecular complexity index is 639. The van der Waals surface area contributed by atoms with Gasteiger partial charge in [-0.3, -0.25) is 9.59 Å². The van der Waals surface area contributed by atoms with E-state index in [4.69, 9.17) is 14.3 Å². The molecule has 0 radical (unpaired) electrons. The van der Waals surface area contributed by atoms with Gasteiger partial charge in [0.2, 0.25) is 0 Å². The fourth-order valence-corrected chi connectivity index (χ4v) is 4.16. The molecule has 0 spiro atoms. The minimum Gasteiger partial charge on any atom is -0.481 e. The van der Waals surface area contributed by atoms with Gasteiger partial charge in [-0.05, 0) is 51.4 Å². The maximum Gasteiger partial charge on any atom is 0.311 e. The van der Waals surface area contributed by atoms with Crippen molar-refractivity contribution in [1.82, 2.24) is 4.90 Å². The van der Waals surface area contributed by atoms with Crippen molar-refractivity contribution in [1.29, 1.82) is 0 Å². The van der Waals surface area contributed by atoms with Crippen LogP contribution >= 0.6 is 0 Å². The zero-order chi connectivity index (χ0) is 18.7. The van der Waals surface area contributed by atoms with E-state index in [1.54, 1.807) is 6.92 Å². The Kier molecular flexibility index (Phi) is 6.01. The maximum atomic E-state index is 13.4. The summed E-state index contributed by atoms with van der Waals surface area (Å²) in [5, 5.41) is 9.12. The number of nitrogens with zero attached hydrogens (tertiary/aromatic N) is 1. The highest BCUT2D eigenvalue weighted by molar-refractivity contribution is 5.97. The lowest BCUT2D eigenvalue weighted by atomic mass is 9.86. The summed E-state index contributed by atoms with van der Waals surface area (Å²) in [6.45, 7) is 5.39. The van der Waals surface area contributed by atoms with E-state index in [0.29, 0.717) is 23.6 Å². The minimum absolute atomic E-state index is 0.0773. The van der Waals surface area contributed by atoms with Crippen LogP contribution < -0.4 is 0 Å². The van der Waals surface area contributed by atoms with Crippen LogP contribution in [0.4, 0.5) is 0 Å². The van der Waals surface area contributed by atoms with Crippen molar-refractivity contribution in [3.63, 3.8) is 0 Å². The van der Waals surface area contributed by atoms with Gasteiger partial charge in [0.25, 0.3) is 5.91 Å². The summed E-state index contributed by atoms with van der Waals surface area (Å²) in [4.78, 5) is 26.5. The first kappa shape index (κ1) is 19.0. The average Bonchev–Trinajstić information content (AvgIpc) is 3.23. The van der Waals surface area contributed by atoms with Gasteiger partial charge in [0, 0.05) is 24.8 Å². The van der Waals surface area contributed by atoms with Crippen molar-refractivity contribution in [2.24, 2.45) is 5.92 Å². The van der Waals surface area contributed by atoms with E-state index in [1.807, 2.05) is 4.90 Å². The van der Waals surface area contributed by atoms with Gasteiger partial charge in [-0.2, -0.15) is 0 Å². The van der Waals surface area contributed by atoms with Crippen molar-refractivity contribution in [3.05, 3.63) is 23.2 Å². The number of aliphatic carboxylic acids is 1. The highest BCUT2D eigenvalue weighted by Gasteiger charge is 2.34. The zero-order valence-corrected chi connectivity index (χ0v) is 15.7. The van der Waals surface area contributed by atoms with E-state index >= 15 is 0 Å². The van der Waals surface area contributed by atoms with Crippen molar-refractivity contribution in [2.45, 2.75) is 70.9 Å². The molecule has 1 atom stereocenters. The summed E-state index contributed by atoms with van der Waals surface area (Å²) in [7, 11) is 0. The second-order valence-corrected chi connectivity index (χ2v) is 7.79. The van der Waals surface area contributed by atoms with Gasteiger partial charge in [-0.15, -0.1) is 0 Å². The molecule has 2 heterocycles. The summed E-state index contributed by atoms with van der Waals surface area (Å²) in [6, 6.07) is 0.190. The van der Waals surface area contributed by atoms with Crippen LogP contribution in [0.15, 0.2) is 10.7 Å². The van der Waals surface area contributed by atoms with Crippen LogP contribution in [0, 0.1) is 12.8 Å². The third kappa shape index (κ3) is 4.29. The number of aryl methyl sites for hydroxylation is 1. The molecule has 6 nitrogen and oxygen atoms in total. The lowest BCUT2D eigenvalue weighted by Crippen LogP contribution is -2.46. The molecule has 6 heteroatoms. The highest BCUT2D eigenvalue weighted by Crippen LogP contribution is 2.30. The normalized spacial score (nSPS) is 26.0. The molecular formula is C20H29NO5. The van der Waals surface area contributed by atoms with Gasteiger partial charge >= 0.3 is 5.97 Å². The van der Waals surface area contributed by atoms with Crippen LogP contribution in [0.25, 0.3) is 0 Å². The van der Waals surface area contributed by atoms with E-state index in [9.17, 15) is 9.59 Å². The lowest BCUT2D eigenvalue weighted by Gasteiger charge is -2.37. The van der Waals surface area contributed by atoms with Crippen LogP contribution in [0.3, 0.4) is 0 Å². The quantitative estimate of drug-likeness (QED) is 0.838. The zero-order valence-electron chi connectivity index (χ0n) is 15.7. The summed E-state index contributed by atoms with van der Waals surface area (Å²) in [5.74, 6) is -0.154. The van der Waals surface area contributed by atoms with E-state index in [0.717, 1.165) is 45.1 Å². The Hall–Kier alpha value is -1.82. The summed E-state index contributed by atoms with van der Waals surface area (Å²) in [5.41, 5.74) is 1.12. The van der Waals surface area contributed by atoms with Gasteiger partial charge in [0.05, 0.1) is 17.9 Å². The van der Waals surface area contributed by atoms with Crippen molar-refractivity contribution in [2.75, 3.05) is 13.2 Å². The molecule has 0 aromatic carbocycles. The third-order valence-corrected chi connectivity index (χ3v) is 5.69. The third-order valence-electron chi connectivity index (χ3n) is 5.69. The number of hydrogen-bond acceptors (Lipinski definition) is 4. The molecule has 1 aromatic rings. The standard InChI is InChI=1S/C20H29NO5/c1-13-5-7-15(8-6-13)21(11-16-4-3-9-25-16)20(24)19-14(2)12-26-17(19)10-18(22)23/h12-13,15-16H,3-11H2,1-2H3,(H,22,23). The number of amides is 1. The average molecular weight is 363 g/mol. The van der Waals surface area contributed by atoms with E-state index in [1.165, 1.54) is 6.26 Å². The molecule has 1 aliphatic heterocycles. The predicted octanol–water partition coefficient (Wildman–Crippen LogP) is 3.42. The fraction of sp³-hybridized carbons (Fsp3) is 0.700. The smallest absolute Gasteiger partial charge is 0.311 e. The molecule has 1 N–H and O–H groups in total. The Morgan fingerprint density at radius 3 is 2.58 bits per heavy atom. The number of furan rings is 1. The van der Waals surface area contributed by atoms with Gasteiger partial charge in [0.1, 0.15) is 12.2 Å². The Morgan fingerprint density at radius 2 is 1.96 bits per heavy atom.